The maximum atomic E-state index is 12.1. The molecule has 32 heavy (non-hydrogen) atoms. The van der Waals surface area contributed by atoms with Crippen LogP contribution in [0.4, 0.5) is 0 Å². The van der Waals surface area contributed by atoms with E-state index in [2.05, 4.69) is 30.0 Å². The van der Waals surface area contributed by atoms with Gasteiger partial charge in [-0.2, -0.15) is 13.6 Å². The van der Waals surface area contributed by atoms with Crippen molar-refractivity contribution in [3.63, 3.8) is 0 Å². The standard InChI is InChI=1S/C11H15ClN3O14P3/c1-2-3-11(12)7(16)6(27-8(11)15-5-13-9(17)14-10(15)18)4-26-31(22,23)29-32(24,25)28-30(19,20)21/h5-8,16H,4H2,1H3,(H,22,23)(H,24,25)(H,14,17,18)(H2,19,20,21)/t6-,7+,8-,11?/m1/s1/i4D2. The van der Waals surface area contributed by atoms with Crippen LogP contribution in [-0.4, -0.2) is 62.9 Å². The summed E-state index contributed by atoms with van der Waals surface area (Å²) < 4.78 is 66.7. The minimum Gasteiger partial charge on any atom is -0.387 e. The lowest BCUT2D eigenvalue weighted by molar-refractivity contribution is -0.0459. The van der Waals surface area contributed by atoms with Crippen molar-refractivity contribution >= 4 is 35.1 Å². The quantitative estimate of drug-likeness (QED) is 0.124. The normalized spacial score (nSPS) is 30.9. The number of H-pyrrole nitrogens is 1. The Morgan fingerprint density at radius 2 is 1.94 bits per heavy atom. The first-order valence-corrected chi connectivity index (χ1v) is 12.6. The molecule has 0 saturated carbocycles. The van der Waals surface area contributed by atoms with Crippen LogP contribution in [0.1, 0.15) is 15.9 Å². The van der Waals surface area contributed by atoms with E-state index in [1.54, 1.807) is 4.98 Å². The van der Waals surface area contributed by atoms with E-state index >= 15 is 0 Å². The molecule has 1 aromatic rings. The number of nitrogens with one attached hydrogen (secondary N) is 1. The van der Waals surface area contributed by atoms with Crippen LogP contribution in [0.3, 0.4) is 0 Å². The van der Waals surface area contributed by atoms with Gasteiger partial charge in [-0.15, -0.1) is 5.92 Å². The van der Waals surface area contributed by atoms with Gasteiger partial charge in [0.15, 0.2) is 11.1 Å². The number of aliphatic hydroxyl groups is 1. The van der Waals surface area contributed by atoms with E-state index in [0.29, 0.717) is 10.9 Å². The fraction of sp³-hybridized carbons (Fsp3) is 0.545. The Morgan fingerprint density at radius 3 is 2.47 bits per heavy atom. The number of phosphoric acid groups is 3. The summed E-state index contributed by atoms with van der Waals surface area (Å²) in [5.41, 5.74) is -2.24. The molecule has 0 radical (unpaired) electrons. The summed E-state index contributed by atoms with van der Waals surface area (Å²) in [5, 5.41) is 10.6. The highest BCUT2D eigenvalue weighted by Gasteiger charge is 2.56. The van der Waals surface area contributed by atoms with Crippen LogP contribution >= 0.6 is 35.1 Å². The molecule has 0 bridgehead atoms. The highest BCUT2D eigenvalue weighted by Crippen LogP contribution is 2.66. The van der Waals surface area contributed by atoms with Gasteiger partial charge in [0.2, 0.25) is 0 Å². The molecule has 2 heterocycles. The van der Waals surface area contributed by atoms with Gasteiger partial charge in [0.25, 0.3) is 0 Å². The molecule has 180 valence electrons. The molecule has 1 aliphatic heterocycles. The Balaban J connectivity index is 2.41. The highest BCUT2D eigenvalue weighted by atomic mass is 35.5. The molecule has 3 unspecified atom stereocenters. The maximum Gasteiger partial charge on any atom is 0.490 e. The zero-order chi connectivity index (χ0) is 26.3. The van der Waals surface area contributed by atoms with Gasteiger partial charge in [0.05, 0.1) is 9.30 Å². The number of alkyl halides is 1. The Morgan fingerprint density at radius 1 is 1.31 bits per heavy atom. The van der Waals surface area contributed by atoms with Crippen LogP contribution in [0, 0.1) is 11.8 Å². The van der Waals surface area contributed by atoms with Gasteiger partial charge in [-0.25, -0.2) is 23.3 Å². The average Bonchev–Trinajstić information content (AvgIpc) is 2.83. The van der Waals surface area contributed by atoms with Crippen molar-refractivity contribution in [2.75, 3.05) is 6.56 Å². The molecule has 0 aliphatic carbocycles. The van der Waals surface area contributed by atoms with Crippen molar-refractivity contribution in [1.82, 2.24) is 14.5 Å². The first kappa shape index (κ1) is 23.9. The van der Waals surface area contributed by atoms with Crippen LogP contribution in [0.25, 0.3) is 0 Å². The van der Waals surface area contributed by atoms with Crippen LogP contribution in [0.15, 0.2) is 15.9 Å². The topological polar surface area (TPSA) is 257 Å². The van der Waals surface area contributed by atoms with Crippen molar-refractivity contribution in [3.05, 3.63) is 27.3 Å². The fourth-order valence-electron chi connectivity index (χ4n) is 2.30. The third kappa shape index (κ3) is 6.66. The Bertz CT molecular complexity index is 1270. The van der Waals surface area contributed by atoms with E-state index in [1.807, 2.05) is 0 Å². The van der Waals surface area contributed by atoms with Crippen LogP contribution in [-0.2, 0) is 31.6 Å². The number of aliphatic hydroxyl groups excluding tert-OH is 1. The molecule has 1 saturated heterocycles. The first-order chi connectivity index (χ1) is 15.2. The molecule has 1 fully saturated rings. The predicted octanol–water partition coefficient (Wildman–Crippen LogP) is -1.47. The molecule has 6 atom stereocenters. The van der Waals surface area contributed by atoms with Gasteiger partial charge in [0.1, 0.15) is 18.5 Å². The number of phosphoric ester groups is 1. The van der Waals surface area contributed by atoms with Crippen molar-refractivity contribution in [2.24, 2.45) is 0 Å². The highest BCUT2D eigenvalue weighted by molar-refractivity contribution is 7.66. The minimum atomic E-state index is -6.02. The van der Waals surface area contributed by atoms with Gasteiger partial charge >= 0.3 is 34.8 Å². The number of hydrogen-bond donors (Lipinski definition) is 6. The Kier molecular flexibility index (Phi) is 7.16. The Hall–Kier alpha value is -1.21. The van der Waals surface area contributed by atoms with Crippen molar-refractivity contribution in [3.8, 4) is 11.8 Å². The zero-order valence-corrected chi connectivity index (χ0v) is 18.8. The van der Waals surface area contributed by atoms with E-state index in [0.717, 1.165) is 0 Å². The van der Waals surface area contributed by atoms with Gasteiger partial charge in [-0.1, -0.05) is 17.5 Å². The molecule has 2 rings (SSSR count). The van der Waals surface area contributed by atoms with Gasteiger partial charge < -0.3 is 29.4 Å². The summed E-state index contributed by atoms with van der Waals surface area (Å²) in [4.78, 5) is 61.9. The summed E-state index contributed by atoms with van der Waals surface area (Å²) in [6.45, 7) is -2.37. The second-order valence-electron chi connectivity index (χ2n) is 5.68. The lowest BCUT2D eigenvalue weighted by Crippen LogP contribution is -2.44. The van der Waals surface area contributed by atoms with Crippen molar-refractivity contribution < 1.29 is 59.0 Å². The first-order valence-electron chi connectivity index (χ1n) is 8.71. The number of rotatable bonds is 8. The molecular formula is C11H15ClN3O14P3. The smallest absolute Gasteiger partial charge is 0.387 e. The van der Waals surface area contributed by atoms with E-state index < -0.39 is 64.7 Å². The zero-order valence-electron chi connectivity index (χ0n) is 17.3. The third-order valence-electron chi connectivity index (χ3n) is 3.37. The van der Waals surface area contributed by atoms with E-state index in [-0.39, 0.29) is 0 Å². The van der Waals surface area contributed by atoms with Gasteiger partial charge in [-0.3, -0.25) is 14.1 Å². The number of aromatic nitrogens is 3. The summed E-state index contributed by atoms with van der Waals surface area (Å²) in [6.07, 6.45) is -5.85. The average molecular weight is 544 g/mol. The van der Waals surface area contributed by atoms with Crippen LogP contribution in [0.2, 0.25) is 0 Å². The molecular weight excluding hydrogens is 527 g/mol. The summed E-state index contributed by atoms with van der Waals surface area (Å²) in [5.74, 6) is 4.58. The summed E-state index contributed by atoms with van der Waals surface area (Å²) >= 11 is 6.28. The molecule has 17 nitrogen and oxygen atoms in total. The van der Waals surface area contributed by atoms with Crippen molar-refractivity contribution in [1.29, 1.82) is 0 Å². The van der Waals surface area contributed by atoms with E-state index in [9.17, 15) is 38.2 Å². The molecule has 1 aromatic heterocycles. The van der Waals surface area contributed by atoms with Crippen molar-refractivity contribution in [2.45, 2.75) is 30.2 Å². The lowest BCUT2D eigenvalue weighted by atomic mass is 9.99. The van der Waals surface area contributed by atoms with E-state index in [1.165, 1.54) is 6.92 Å². The fourth-order valence-corrected chi connectivity index (χ4v) is 5.55. The number of ether oxygens (including phenoxy) is 1. The number of halogens is 1. The SMILES string of the molecule is [2H]C([2H])(OP(=O)(O)OP(=O)(O)OP(=O)(O)O)[C@H]1O[C@@H](n2cnc(=O)[nH]c2=O)C(Cl)(C#CC)[C@H]1O. The Labute approximate surface area is 185 Å². The molecule has 21 heteroatoms. The summed E-state index contributed by atoms with van der Waals surface area (Å²) in [6, 6.07) is 0. The maximum absolute atomic E-state index is 12.1. The molecule has 0 aromatic carbocycles. The molecule has 1 aliphatic rings. The molecule has 0 amide bonds. The molecule has 6 N–H and O–H groups in total. The molecule has 0 spiro atoms. The number of aromatic amines is 1. The monoisotopic (exact) mass is 543 g/mol. The third-order valence-corrected chi connectivity index (χ3v) is 7.54. The largest absolute Gasteiger partial charge is 0.490 e. The van der Waals surface area contributed by atoms with Crippen LogP contribution in [0.5, 0.6) is 0 Å². The second-order valence-corrected chi connectivity index (χ2v) is 10.7. The lowest BCUT2D eigenvalue weighted by Gasteiger charge is -2.25. The van der Waals surface area contributed by atoms with Gasteiger partial charge in [0, 0.05) is 0 Å². The second kappa shape index (κ2) is 9.57. The number of hydrogen-bond acceptors (Lipinski definition) is 11. The summed E-state index contributed by atoms with van der Waals surface area (Å²) in [7, 11) is -17.7. The minimum absolute atomic E-state index is 0.517. The number of nitrogens with zero attached hydrogens (tertiary/aromatic N) is 2. The van der Waals surface area contributed by atoms with E-state index in [4.69, 9.17) is 28.9 Å². The van der Waals surface area contributed by atoms with Gasteiger partial charge in [-0.05, 0) is 6.92 Å². The van der Waals surface area contributed by atoms with Crippen LogP contribution < -0.4 is 11.4 Å². The predicted molar refractivity (Wildman–Crippen MR) is 101 cm³/mol.